The molecule has 1 amide bonds. The first-order chi connectivity index (χ1) is 7.64. The summed E-state index contributed by atoms with van der Waals surface area (Å²) in [6.45, 7) is 1.61. The van der Waals surface area contributed by atoms with Gasteiger partial charge in [-0.15, -0.1) is 0 Å². The van der Waals surface area contributed by atoms with E-state index in [9.17, 15) is 13.2 Å². The molecule has 17 heavy (non-hydrogen) atoms. The van der Waals surface area contributed by atoms with Crippen LogP contribution in [0.2, 0.25) is 5.02 Å². The largest absolute Gasteiger partial charge is 0.345 e. The zero-order valence-electron chi connectivity index (χ0n) is 9.49. The summed E-state index contributed by atoms with van der Waals surface area (Å²) in [4.78, 5) is 12.8. The first-order valence-electron chi connectivity index (χ1n) is 4.61. The first kappa shape index (κ1) is 14.3. The molecule has 0 aromatic heterocycles. The van der Waals surface area contributed by atoms with Gasteiger partial charge in [0, 0.05) is 30.3 Å². The van der Waals surface area contributed by atoms with Crippen molar-refractivity contribution >= 4 is 37.2 Å². The number of hydrogen-bond donors (Lipinski definition) is 0. The van der Waals surface area contributed by atoms with Crippen molar-refractivity contribution in [3.05, 3.63) is 28.3 Å². The van der Waals surface area contributed by atoms with Crippen LogP contribution in [0, 0.1) is 6.92 Å². The molecular formula is C10H11Cl2NO3S. The van der Waals surface area contributed by atoms with E-state index in [0.717, 1.165) is 0 Å². The van der Waals surface area contributed by atoms with Crippen molar-refractivity contribution in [2.45, 2.75) is 11.8 Å². The van der Waals surface area contributed by atoms with E-state index in [1.54, 1.807) is 21.0 Å². The van der Waals surface area contributed by atoms with Crippen LogP contribution < -0.4 is 0 Å². The second-order valence-electron chi connectivity index (χ2n) is 3.74. The maximum Gasteiger partial charge on any atom is 0.262 e. The molecule has 0 atom stereocenters. The molecule has 0 N–H and O–H groups in total. The van der Waals surface area contributed by atoms with Crippen LogP contribution in [0.25, 0.3) is 0 Å². The quantitative estimate of drug-likeness (QED) is 0.787. The predicted octanol–water partition coefficient (Wildman–Crippen LogP) is 2.28. The van der Waals surface area contributed by atoms with Gasteiger partial charge in [0.05, 0.1) is 5.02 Å². The van der Waals surface area contributed by atoms with E-state index in [-0.39, 0.29) is 21.4 Å². The number of carbonyl (C=O) groups is 1. The molecule has 94 valence electrons. The maximum absolute atomic E-state index is 11.7. The Morgan fingerprint density at radius 2 is 1.82 bits per heavy atom. The fourth-order valence-corrected chi connectivity index (χ4v) is 2.84. The second-order valence-corrected chi connectivity index (χ2v) is 6.66. The minimum Gasteiger partial charge on any atom is -0.345 e. The van der Waals surface area contributed by atoms with E-state index >= 15 is 0 Å². The van der Waals surface area contributed by atoms with Crippen molar-refractivity contribution in [1.82, 2.24) is 4.90 Å². The van der Waals surface area contributed by atoms with Crippen molar-refractivity contribution in [2.75, 3.05) is 14.1 Å². The lowest BCUT2D eigenvalue weighted by Gasteiger charge is -2.12. The third-order valence-electron chi connectivity index (χ3n) is 2.14. The monoisotopic (exact) mass is 295 g/mol. The van der Waals surface area contributed by atoms with Crippen molar-refractivity contribution < 1.29 is 13.2 Å². The minimum atomic E-state index is -3.97. The van der Waals surface area contributed by atoms with Crippen LogP contribution >= 0.6 is 22.3 Å². The van der Waals surface area contributed by atoms with Crippen molar-refractivity contribution in [2.24, 2.45) is 0 Å². The smallest absolute Gasteiger partial charge is 0.262 e. The summed E-state index contributed by atoms with van der Waals surface area (Å²) in [6, 6.07) is 2.70. The van der Waals surface area contributed by atoms with Gasteiger partial charge in [0.1, 0.15) is 4.90 Å². The molecule has 1 aromatic carbocycles. The molecule has 7 heteroatoms. The second kappa shape index (κ2) is 4.84. The fraction of sp³-hybridized carbons (Fsp3) is 0.300. The Balaban J connectivity index is 3.50. The van der Waals surface area contributed by atoms with E-state index in [0.29, 0.717) is 5.56 Å². The molecule has 0 saturated carbocycles. The Bertz CT molecular complexity index is 567. The van der Waals surface area contributed by atoms with Gasteiger partial charge in [-0.05, 0) is 24.6 Å². The molecule has 0 bridgehead atoms. The average molecular weight is 296 g/mol. The van der Waals surface area contributed by atoms with E-state index in [2.05, 4.69) is 0 Å². The van der Waals surface area contributed by atoms with Crippen molar-refractivity contribution in [3.8, 4) is 0 Å². The SMILES string of the molecule is Cc1cc(C(=O)N(C)C)cc(S(=O)(=O)Cl)c1Cl. The van der Waals surface area contributed by atoms with E-state index in [4.69, 9.17) is 22.3 Å². The lowest BCUT2D eigenvalue weighted by atomic mass is 10.1. The number of aryl methyl sites for hydroxylation is 1. The zero-order chi connectivity index (χ0) is 13.4. The highest BCUT2D eigenvalue weighted by atomic mass is 35.7. The molecule has 4 nitrogen and oxygen atoms in total. The third kappa shape index (κ3) is 3.12. The maximum atomic E-state index is 11.7. The average Bonchev–Trinajstić information content (AvgIpc) is 2.18. The molecule has 0 aliphatic rings. The molecule has 1 rings (SSSR count). The molecule has 0 saturated heterocycles. The van der Waals surface area contributed by atoms with Crippen LogP contribution in [0.4, 0.5) is 0 Å². The number of halogens is 2. The van der Waals surface area contributed by atoms with Gasteiger partial charge >= 0.3 is 0 Å². The number of benzene rings is 1. The summed E-state index contributed by atoms with van der Waals surface area (Å²) >= 11 is 5.85. The highest BCUT2D eigenvalue weighted by molar-refractivity contribution is 8.13. The Labute approximate surface area is 110 Å². The Morgan fingerprint density at radius 3 is 2.24 bits per heavy atom. The summed E-state index contributed by atoms with van der Waals surface area (Å²) in [6.07, 6.45) is 0. The first-order valence-corrected chi connectivity index (χ1v) is 7.29. The summed E-state index contributed by atoms with van der Waals surface area (Å²) in [5, 5.41) is 0.0373. The highest BCUT2D eigenvalue weighted by Crippen LogP contribution is 2.29. The summed E-state index contributed by atoms with van der Waals surface area (Å²) in [7, 11) is 4.43. The fourth-order valence-electron chi connectivity index (χ4n) is 1.30. The van der Waals surface area contributed by atoms with E-state index in [1.165, 1.54) is 17.0 Å². The van der Waals surface area contributed by atoms with Crippen molar-refractivity contribution in [1.29, 1.82) is 0 Å². The van der Waals surface area contributed by atoms with Gasteiger partial charge in [0.25, 0.3) is 15.0 Å². The van der Waals surface area contributed by atoms with Gasteiger partial charge in [-0.2, -0.15) is 0 Å². The molecule has 0 fully saturated rings. The Hall–Kier alpha value is -0.780. The molecule has 0 radical (unpaired) electrons. The normalized spacial score (nSPS) is 11.4. The van der Waals surface area contributed by atoms with Gasteiger partial charge in [-0.25, -0.2) is 8.42 Å². The third-order valence-corrected chi connectivity index (χ3v) is 4.10. The van der Waals surface area contributed by atoms with E-state index < -0.39 is 9.05 Å². The molecule has 0 aliphatic heterocycles. The van der Waals surface area contributed by atoms with Crippen LogP contribution in [-0.2, 0) is 9.05 Å². The minimum absolute atomic E-state index is 0.0373. The molecule has 0 aliphatic carbocycles. The standard InChI is InChI=1S/C10H11Cl2NO3S/c1-6-4-7(10(14)13(2)3)5-8(9(6)11)17(12,15)16/h4-5H,1-3H3. The lowest BCUT2D eigenvalue weighted by molar-refractivity contribution is 0.0827. The van der Waals surface area contributed by atoms with Gasteiger partial charge in [-0.3, -0.25) is 4.79 Å². The van der Waals surface area contributed by atoms with Crippen LogP contribution in [-0.4, -0.2) is 33.3 Å². The summed E-state index contributed by atoms with van der Waals surface area (Å²) < 4.78 is 22.6. The van der Waals surface area contributed by atoms with Crippen molar-refractivity contribution in [3.63, 3.8) is 0 Å². The van der Waals surface area contributed by atoms with Gasteiger partial charge < -0.3 is 4.90 Å². The number of hydrogen-bond acceptors (Lipinski definition) is 3. The molecule has 0 heterocycles. The van der Waals surface area contributed by atoms with Gasteiger partial charge in [-0.1, -0.05) is 11.6 Å². The van der Waals surface area contributed by atoms with E-state index in [1.807, 2.05) is 0 Å². The number of amides is 1. The van der Waals surface area contributed by atoms with Gasteiger partial charge in [0.15, 0.2) is 0 Å². The molecule has 0 spiro atoms. The predicted molar refractivity (Wildman–Crippen MR) is 67.2 cm³/mol. The Kier molecular flexibility index (Phi) is 4.06. The number of carbonyl (C=O) groups excluding carboxylic acids is 1. The van der Waals surface area contributed by atoms with Crippen LogP contribution in [0.1, 0.15) is 15.9 Å². The summed E-state index contributed by atoms with van der Waals surface area (Å²) in [5.74, 6) is -0.314. The van der Waals surface area contributed by atoms with Crippen LogP contribution in [0.5, 0.6) is 0 Å². The topological polar surface area (TPSA) is 54.5 Å². The van der Waals surface area contributed by atoms with Gasteiger partial charge in [0.2, 0.25) is 0 Å². The zero-order valence-corrected chi connectivity index (χ0v) is 11.8. The lowest BCUT2D eigenvalue weighted by Crippen LogP contribution is -2.22. The van der Waals surface area contributed by atoms with Crippen LogP contribution in [0.3, 0.4) is 0 Å². The number of nitrogens with zero attached hydrogens (tertiary/aromatic N) is 1. The molecule has 0 unspecified atom stereocenters. The van der Waals surface area contributed by atoms with Crippen LogP contribution in [0.15, 0.2) is 17.0 Å². The summed E-state index contributed by atoms with van der Waals surface area (Å²) in [5.41, 5.74) is 0.717. The number of rotatable bonds is 2. The highest BCUT2D eigenvalue weighted by Gasteiger charge is 2.20. The molecular weight excluding hydrogens is 285 g/mol. The Morgan fingerprint density at radius 1 is 1.29 bits per heavy atom. The molecule has 1 aromatic rings.